The molecule has 17 nitrogen and oxygen atoms in total. The van der Waals surface area contributed by atoms with Gasteiger partial charge in [-0.25, -0.2) is 32.1 Å². The average Bonchev–Trinajstić information content (AvgIpc) is 4.20. The summed E-state index contributed by atoms with van der Waals surface area (Å²) in [4.78, 5) is 59.2. The van der Waals surface area contributed by atoms with Gasteiger partial charge in [-0.1, -0.05) is 43.4 Å². The van der Waals surface area contributed by atoms with Gasteiger partial charge >= 0.3 is 18.1 Å². The Morgan fingerprint density at radius 3 is 2.70 bits per heavy atom. The zero-order valence-corrected chi connectivity index (χ0v) is 44.7. The molecule has 4 N–H and O–H groups in total. The summed E-state index contributed by atoms with van der Waals surface area (Å²) in [5.74, 6) is -3.42. The van der Waals surface area contributed by atoms with Crippen molar-refractivity contribution >= 4 is 102 Å². The molecule has 9 heterocycles. The third kappa shape index (κ3) is 8.48. The van der Waals surface area contributed by atoms with E-state index in [1.807, 2.05) is 22.5 Å². The molecule has 79 heavy (non-hydrogen) atoms. The van der Waals surface area contributed by atoms with Crippen molar-refractivity contribution in [3.8, 4) is 34.6 Å². The van der Waals surface area contributed by atoms with Crippen LogP contribution in [0, 0.1) is 33.4 Å². The smallest absolute Gasteiger partial charge is 0.412 e. The van der Waals surface area contributed by atoms with Gasteiger partial charge in [0.05, 0.1) is 50.0 Å². The largest absolute Gasteiger partial charge is 0.461 e. The topological polar surface area (TPSA) is 214 Å². The van der Waals surface area contributed by atoms with E-state index in [9.17, 15) is 29.1 Å². The normalized spacial score (nSPS) is 21.4. The van der Waals surface area contributed by atoms with Crippen molar-refractivity contribution in [2.75, 3.05) is 61.9 Å². The van der Waals surface area contributed by atoms with Crippen LogP contribution in [0.1, 0.15) is 61.8 Å². The number of nitrogens with zero attached hydrogens (tertiary/aromatic N) is 8. The number of piperazine rings is 1. The van der Waals surface area contributed by atoms with Crippen molar-refractivity contribution in [2.24, 2.45) is 0 Å². The summed E-state index contributed by atoms with van der Waals surface area (Å²) in [6.45, 7) is 8.46. The SMILES string of the molecule is C=C(COC(=O)Nc1cc2cc3c(nc2cc1F)-c1cc2c(c(=S)n1C3)COC(=O)C2(O)CC)C(=O)N1CCN(c2nc(OCC34CCCN3CC(F)C4)nc3c(F)c(-c4ccc(F)c5sc(N)c(C#N)c45)c(Cl)cc23)C(C)C1. The number of alkyl halides is 1. The van der Waals surface area contributed by atoms with E-state index >= 15 is 13.2 Å². The third-order valence-corrected chi connectivity index (χ3v) is 17.8. The Hall–Kier alpha value is -7.49. The minimum absolute atomic E-state index is 0.0254. The number of benzene rings is 3. The number of carbonyl (C=O) groups is 3. The summed E-state index contributed by atoms with van der Waals surface area (Å²) in [5.41, 5.74) is 6.04. The number of pyridine rings is 2. The number of esters is 1. The Bertz CT molecular complexity index is 3970. The molecule has 0 spiro atoms. The molecule has 3 fully saturated rings. The van der Waals surface area contributed by atoms with Gasteiger partial charge in [-0.05, 0) is 68.6 Å². The highest BCUT2D eigenvalue weighted by Crippen LogP contribution is 2.47. The van der Waals surface area contributed by atoms with Gasteiger partial charge in [-0.3, -0.25) is 15.0 Å². The lowest BCUT2D eigenvalue weighted by atomic mass is 9.86. The number of fused-ring (bicyclic) bond motifs is 8. The monoisotopic (exact) mass is 1130 g/mol. The molecule has 406 valence electrons. The number of carbonyl (C=O) groups excluding carboxylic acids is 3. The van der Waals surface area contributed by atoms with E-state index in [0.29, 0.717) is 52.1 Å². The van der Waals surface area contributed by atoms with Crippen molar-refractivity contribution in [3.05, 3.63) is 104 Å². The Kier molecular flexibility index (Phi) is 12.8. The number of nitrogens with two attached hydrogens (primary N) is 1. The average molecular weight is 1140 g/mol. The molecule has 4 atom stereocenters. The van der Waals surface area contributed by atoms with Crippen LogP contribution in [0.2, 0.25) is 5.02 Å². The minimum Gasteiger partial charge on any atom is -0.461 e. The standard InChI is InChI=1S/C55H47ClF4N10O7S2/c1-4-55(74)34-15-40-44-28(20-70(40)50(78)33(34)23-75-51(55)72)12-27-13-39(37(59)16-38(27)63-44)64-53(73)76-22-25(2)49(71)67-10-11-69(26(3)19-67)48-31-14-35(56)42(30-6-7-36(58)46-41(30)32(18-61)47(62)79-46)43(60)45(31)65-52(66-48)77-24-54-8-5-9-68(54)21-29(57)17-54/h6-7,12-16,26,29,74H,2,4-5,8-11,17,19-24,62H2,1,3H3,(H,64,73). The predicted octanol–water partition coefficient (Wildman–Crippen LogP) is 9.60. The molecule has 0 bridgehead atoms. The van der Waals surface area contributed by atoms with Crippen LogP contribution in [0.5, 0.6) is 6.01 Å². The molecule has 7 aromatic rings. The number of thiophene rings is 1. The quantitative estimate of drug-likeness (QED) is 0.0503. The summed E-state index contributed by atoms with van der Waals surface area (Å²) in [6.07, 6.45) is -0.231. The lowest BCUT2D eigenvalue weighted by molar-refractivity contribution is -0.172. The second-order valence-corrected chi connectivity index (χ2v) is 22.5. The number of nitriles is 1. The fourth-order valence-electron chi connectivity index (χ4n) is 12.0. The van der Waals surface area contributed by atoms with Crippen LogP contribution in [0.15, 0.2) is 54.6 Å². The first kappa shape index (κ1) is 52.2. The molecule has 3 aromatic carbocycles. The second kappa shape index (κ2) is 19.4. The van der Waals surface area contributed by atoms with Crippen molar-refractivity contribution in [1.82, 2.24) is 29.3 Å². The zero-order chi connectivity index (χ0) is 55.6. The van der Waals surface area contributed by atoms with Crippen LogP contribution in [0.4, 0.5) is 38.9 Å². The Morgan fingerprint density at radius 2 is 1.92 bits per heavy atom. The second-order valence-electron chi connectivity index (χ2n) is 20.6. The van der Waals surface area contributed by atoms with Crippen molar-refractivity contribution in [2.45, 2.75) is 76.0 Å². The Morgan fingerprint density at radius 1 is 1.11 bits per heavy atom. The third-order valence-electron chi connectivity index (χ3n) is 16.0. The van der Waals surface area contributed by atoms with E-state index in [1.54, 1.807) is 19.1 Å². The number of hydrogen-bond acceptors (Lipinski definition) is 16. The van der Waals surface area contributed by atoms with Crippen LogP contribution in [-0.4, -0.2) is 116 Å². The number of nitrogens with one attached hydrogen (secondary N) is 1. The predicted molar refractivity (Wildman–Crippen MR) is 290 cm³/mol. The summed E-state index contributed by atoms with van der Waals surface area (Å²) < 4.78 is 82.3. The molecule has 12 rings (SSSR count). The molecule has 4 unspecified atom stereocenters. The summed E-state index contributed by atoms with van der Waals surface area (Å²) in [7, 11) is 0. The number of halogens is 5. The number of rotatable bonds is 10. The maximum atomic E-state index is 17.4. The Labute approximate surface area is 461 Å². The first-order valence-electron chi connectivity index (χ1n) is 25.4. The van der Waals surface area contributed by atoms with E-state index in [0.717, 1.165) is 35.5 Å². The number of amides is 2. The van der Waals surface area contributed by atoms with Gasteiger partial charge in [0.15, 0.2) is 11.4 Å². The molecule has 4 aromatic heterocycles. The van der Waals surface area contributed by atoms with E-state index in [1.165, 1.54) is 23.1 Å². The highest BCUT2D eigenvalue weighted by Gasteiger charge is 2.50. The van der Waals surface area contributed by atoms with E-state index < -0.39 is 65.4 Å². The fraction of sp³-hybridized carbons (Fsp3) is 0.345. The summed E-state index contributed by atoms with van der Waals surface area (Å²) in [5, 5.41) is 24.5. The van der Waals surface area contributed by atoms with Crippen LogP contribution < -0.4 is 20.7 Å². The molecule has 5 aliphatic heterocycles. The van der Waals surface area contributed by atoms with Gasteiger partial charge in [0.2, 0.25) is 0 Å². The van der Waals surface area contributed by atoms with Crippen LogP contribution in [0.25, 0.3) is 54.4 Å². The molecule has 24 heteroatoms. The number of cyclic esters (lactones) is 1. The van der Waals surface area contributed by atoms with Gasteiger partial charge in [-0.15, -0.1) is 11.3 Å². The summed E-state index contributed by atoms with van der Waals surface area (Å²) >= 11 is 13.6. The first-order valence-corrected chi connectivity index (χ1v) is 27.0. The number of aromatic nitrogens is 4. The summed E-state index contributed by atoms with van der Waals surface area (Å²) in [6, 6.07) is 11.3. The van der Waals surface area contributed by atoms with Crippen LogP contribution >= 0.6 is 35.2 Å². The number of ether oxygens (including phenoxy) is 3. The van der Waals surface area contributed by atoms with Gasteiger partial charge in [-0.2, -0.15) is 15.2 Å². The van der Waals surface area contributed by atoms with Crippen molar-refractivity contribution in [3.63, 3.8) is 0 Å². The highest BCUT2D eigenvalue weighted by molar-refractivity contribution is 7.71. The van der Waals surface area contributed by atoms with Gasteiger partial charge in [0, 0.05) is 88.7 Å². The maximum Gasteiger partial charge on any atom is 0.412 e. The molecule has 5 aliphatic rings. The molecule has 0 radical (unpaired) electrons. The number of anilines is 3. The molecular weight excluding hydrogens is 1090 g/mol. The van der Waals surface area contributed by atoms with Gasteiger partial charge < -0.3 is 39.4 Å². The lowest BCUT2D eigenvalue weighted by Crippen LogP contribution is -2.54. The van der Waals surface area contributed by atoms with Crippen molar-refractivity contribution < 1.29 is 51.3 Å². The maximum absolute atomic E-state index is 17.4. The van der Waals surface area contributed by atoms with E-state index in [-0.39, 0.29) is 129 Å². The number of hydrogen-bond donors (Lipinski definition) is 3. The number of aliphatic hydroxyl groups is 1. The van der Waals surface area contributed by atoms with Crippen LogP contribution in [0.3, 0.4) is 0 Å². The van der Waals surface area contributed by atoms with Gasteiger partial charge in [0.1, 0.15) is 64.7 Å². The van der Waals surface area contributed by atoms with E-state index in [4.69, 9.17) is 53.7 Å². The minimum atomic E-state index is -1.88. The van der Waals surface area contributed by atoms with Crippen molar-refractivity contribution in [1.29, 1.82) is 5.26 Å². The highest BCUT2D eigenvalue weighted by atomic mass is 35.5. The lowest BCUT2D eigenvalue weighted by Gasteiger charge is -2.41. The Balaban J connectivity index is 0.756. The molecule has 2 amide bonds. The molecular formula is C55H47ClF4N10O7S2. The number of nitrogen functional groups attached to an aromatic ring is 1. The first-order chi connectivity index (χ1) is 37.8. The van der Waals surface area contributed by atoms with Gasteiger partial charge in [0.25, 0.3) is 5.91 Å². The zero-order valence-electron chi connectivity index (χ0n) is 42.4. The molecule has 0 saturated carbocycles. The molecule has 3 saturated heterocycles. The fourth-order valence-corrected chi connectivity index (χ4v) is 13.6. The van der Waals surface area contributed by atoms with E-state index in [2.05, 4.69) is 21.8 Å². The van der Waals surface area contributed by atoms with Crippen LogP contribution in [-0.2, 0) is 37.8 Å². The molecule has 0 aliphatic carbocycles.